The Morgan fingerprint density at radius 2 is 2.05 bits per heavy atom. The van der Waals surface area contributed by atoms with Gasteiger partial charge >= 0.3 is 0 Å². The van der Waals surface area contributed by atoms with Gasteiger partial charge in [-0.15, -0.1) is 0 Å². The van der Waals surface area contributed by atoms with E-state index in [0.29, 0.717) is 11.3 Å². The Morgan fingerprint density at radius 1 is 1.30 bits per heavy atom. The molecule has 2 rings (SSSR count). The maximum atomic E-state index is 13.3. The lowest BCUT2D eigenvalue weighted by molar-refractivity contribution is -0.118. The molecule has 0 spiro atoms. The molecule has 0 aliphatic heterocycles. The highest BCUT2D eigenvalue weighted by Gasteiger charge is 2.07. The van der Waals surface area contributed by atoms with Gasteiger partial charge in [-0.25, -0.2) is 4.39 Å². The summed E-state index contributed by atoms with van der Waals surface area (Å²) in [6, 6.07) is 10.8. The van der Waals surface area contributed by atoms with E-state index in [-0.39, 0.29) is 23.9 Å². The Morgan fingerprint density at radius 3 is 2.75 bits per heavy atom. The summed E-state index contributed by atoms with van der Waals surface area (Å²) in [4.78, 5) is 11.7. The average Bonchev–Trinajstić information content (AvgIpc) is 2.42. The van der Waals surface area contributed by atoms with Crippen molar-refractivity contribution in [2.75, 3.05) is 11.9 Å². The number of halogens is 1. The Labute approximate surface area is 115 Å². The van der Waals surface area contributed by atoms with Crippen LogP contribution < -0.4 is 10.1 Å². The predicted molar refractivity (Wildman–Crippen MR) is 73.4 cm³/mol. The van der Waals surface area contributed by atoms with Crippen LogP contribution in [-0.4, -0.2) is 17.6 Å². The lowest BCUT2D eigenvalue weighted by atomic mass is 10.2. The highest BCUT2D eigenvalue weighted by Crippen LogP contribution is 2.24. The van der Waals surface area contributed by atoms with Gasteiger partial charge in [-0.1, -0.05) is 18.2 Å². The third-order valence-corrected chi connectivity index (χ3v) is 2.68. The number of aryl methyl sites for hydroxylation is 1. The van der Waals surface area contributed by atoms with E-state index < -0.39 is 5.91 Å². The van der Waals surface area contributed by atoms with Crippen molar-refractivity contribution in [2.45, 2.75) is 6.92 Å². The minimum absolute atomic E-state index is 0.0401. The number of aromatic hydroxyl groups is 1. The van der Waals surface area contributed by atoms with Gasteiger partial charge in [-0.3, -0.25) is 4.79 Å². The van der Waals surface area contributed by atoms with E-state index in [1.165, 1.54) is 12.1 Å². The lowest BCUT2D eigenvalue weighted by Crippen LogP contribution is -2.20. The van der Waals surface area contributed by atoms with Crippen LogP contribution in [0.5, 0.6) is 11.5 Å². The number of phenolic OH excluding ortho intramolecular Hbond substituents is 1. The summed E-state index contributed by atoms with van der Waals surface area (Å²) < 4.78 is 18.5. The zero-order chi connectivity index (χ0) is 14.5. The molecule has 0 heterocycles. The van der Waals surface area contributed by atoms with Crippen LogP contribution in [0.3, 0.4) is 0 Å². The van der Waals surface area contributed by atoms with Crippen LogP contribution in [0, 0.1) is 12.7 Å². The first-order valence-corrected chi connectivity index (χ1v) is 6.03. The van der Waals surface area contributed by atoms with Crippen molar-refractivity contribution in [2.24, 2.45) is 0 Å². The van der Waals surface area contributed by atoms with Crippen molar-refractivity contribution in [1.82, 2.24) is 0 Å². The average molecular weight is 275 g/mol. The van der Waals surface area contributed by atoms with E-state index in [1.807, 2.05) is 0 Å². The second kappa shape index (κ2) is 6.06. The molecule has 0 fully saturated rings. The van der Waals surface area contributed by atoms with Crippen LogP contribution in [-0.2, 0) is 4.79 Å². The molecule has 0 bridgehead atoms. The molecule has 2 aromatic rings. The van der Waals surface area contributed by atoms with Crippen LogP contribution in [0.25, 0.3) is 0 Å². The lowest BCUT2D eigenvalue weighted by Gasteiger charge is -2.09. The first-order valence-electron chi connectivity index (χ1n) is 6.03. The van der Waals surface area contributed by atoms with Crippen molar-refractivity contribution < 1.29 is 19.0 Å². The standard InChI is InChI=1S/C15H14FNO3/c1-10-6-7-11(8-12(10)16)17-15(19)9-20-14-5-3-2-4-13(14)18/h2-8,18H,9H2,1H3,(H,17,19). The van der Waals surface area contributed by atoms with Crippen molar-refractivity contribution in [3.05, 3.63) is 53.8 Å². The molecule has 0 aliphatic carbocycles. The minimum atomic E-state index is -0.434. The van der Waals surface area contributed by atoms with E-state index in [4.69, 9.17) is 4.74 Å². The fourth-order valence-corrected chi connectivity index (χ4v) is 1.59. The van der Waals surface area contributed by atoms with Crippen molar-refractivity contribution in [3.63, 3.8) is 0 Å². The number of amides is 1. The largest absolute Gasteiger partial charge is 0.504 e. The zero-order valence-corrected chi connectivity index (χ0v) is 10.9. The molecule has 0 radical (unpaired) electrons. The summed E-state index contributed by atoms with van der Waals surface area (Å²) in [7, 11) is 0. The number of hydrogen-bond acceptors (Lipinski definition) is 3. The Kier molecular flexibility index (Phi) is 4.20. The normalized spacial score (nSPS) is 10.1. The van der Waals surface area contributed by atoms with Crippen LogP contribution >= 0.6 is 0 Å². The van der Waals surface area contributed by atoms with Crippen LogP contribution in [0.15, 0.2) is 42.5 Å². The van der Waals surface area contributed by atoms with E-state index in [1.54, 1.807) is 37.3 Å². The molecule has 5 heteroatoms. The van der Waals surface area contributed by atoms with Gasteiger partial charge < -0.3 is 15.2 Å². The van der Waals surface area contributed by atoms with Gasteiger partial charge in [-0.2, -0.15) is 0 Å². The van der Waals surface area contributed by atoms with Crippen molar-refractivity contribution in [3.8, 4) is 11.5 Å². The first kappa shape index (κ1) is 13.9. The molecule has 0 saturated heterocycles. The number of ether oxygens (including phenoxy) is 1. The summed E-state index contributed by atoms with van der Waals surface area (Å²) in [6.45, 7) is 1.37. The second-order valence-corrected chi connectivity index (χ2v) is 4.27. The monoisotopic (exact) mass is 275 g/mol. The molecule has 2 N–H and O–H groups in total. The predicted octanol–water partition coefficient (Wildman–Crippen LogP) is 2.86. The molecule has 104 valence electrons. The Bertz CT molecular complexity index is 628. The van der Waals surface area contributed by atoms with Crippen molar-refractivity contribution >= 4 is 11.6 Å². The van der Waals surface area contributed by atoms with E-state index >= 15 is 0 Å². The second-order valence-electron chi connectivity index (χ2n) is 4.27. The SMILES string of the molecule is Cc1ccc(NC(=O)COc2ccccc2O)cc1F. The molecule has 0 aromatic heterocycles. The smallest absolute Gasteiger partial charge is 0.262 e. The van der Waals surface area contributed by atoms with Gasteiger partial charge in [0.2, 0.25) is 0 Å². The number of anilines is 1. The Hall–Kier alpha value is -2.56. The molecule has 0 saturated carbocycles. The maximum absolute atomic E-state index is 13.3. The van der Waals surface area contributed by atoms with Crippen LogP contribution in [0.1, 0.15) is 5.56 Å². The topological polar surface area (TPSA) is 58.6 Å². The van der Waals surface area contributed by atoms with Gasteiger partial charge in [-0.05, 0) is 36.8 Å². The highest BCUT2D eigenvalue weighted by molar-refractivity contribution is 5.91. The molecule has 1 amide bonds. The zero-order valence-electron chi connectivity index (χ0n) is 10.9. The summed E-state index contributed by atoms with van der Waals surface area (Å²) in [5.41, 5.74) is 0.868. The third-order valence-electron chi connectivity index (χ3n) is 2.68. The maximum Gasteiger partial charge on any atom is 0.262 e. The molecular weight excluding hydrogens is 261 g/mol. The molecule has 2 aromatic carbocycles. The fourth-order valence-electron chi connectivity index (χ4n) is 1.59. The van der Waals surface area contributed by atoms with E-state index in [9.17, 15) is 14.3 Å². The number of nitrogens with one attached hydrogen (secondary N) is 1. The summed E-state index contributed by atoms with van der Waals surface area (Å²) in [5, 5.41) is 12.0. The van der Waals surface area contributed by atoms with Gasteiger partial charge in [0.15, 0.2) is 18.1 Å². The van der Waals surface area contributed by atoms with Crippen molar-refractivity contribution in [1.29, 1.82) is 0 Å². The molecule has 0 unspecified atom stereocenters. The van der Waals surface area contributed by atoms with Crippen LogP contribution in [0.4, 0.5) is 10.1 Å². The summed E-state index contributed by atoms with van der Waals surface area (Å²) >= 11 is 0. The first-order chi connectivity index (χ1) is 9.56. The number of benzene rings is 2. The summed E-state index contributed by atoms with van der Waals surface area (Å²) in [5.74, 6) is -0.639. The summed E-state index contributed by atoms with van der Waals surface area (Å²) in [6.07, 6.45) is 0. The molecule has 0 aliphatic rings. The van der Waals surface area contributed by atoms with Gasteiger partial charge in [0.05, 0.1) is 0 Å². The number of hydrogen-bond donors (Lipinski definition) is 2. The quantitative estimate of drug-likeness (QED) is 0.902. The number of rotatable bonds is 4. The number of carbonyl (C=O) groups excluding carboxylic acids is 1. The molecule has 4 nitrogen and oxygen atoms in total. The number of para-hydroxylation sites is 2. The van der Waals surface area contributed by atoms with Gasteiger partial charge in [0.1, 0.15) is 5.82 Å². The minimum Gasteiger partial charge on any atom is -0.504 e. The highest BCUT2D eigenvalue weighted by atomic mass is 19.1. The van der Waals surface area contributed by atoms with Gasteiger partial charge in [0, 0.05) is 5.69 Å². The molecule has 20 heavy (non-hydrogen) atoms. The van der Waals surface area contributed by atoms with Crippen LogP contribution in [0.2, 0.25) is 0 Å². The number of carbonyl (C=O) groups is 1. The Balaban J connectivity index is 1.93. The molecular formula is C15H14FNO3. The third kappa shape index (κ3) is 3.47. The van der Waals surface area contributed by atoms with Gasteiger partial charge in [0.25, 0.3) is 5.91 Å². The molecule has 0 atom stereocenters. The van der Waals surface area contributed by atoms with E-state index in [0.717, 1.165) is 0 Å². The van der Waals surface area contributed by atoms with E-state index in [2.05, 4.69) is 5.32 Å². The number of phenols is 1. The fraction of sp³-hybridized carbons (Fsp3) is 0.133.